The van der Waals surface area contributed by atoms with Gasteiger partial charge in [0.2, 0.25) is 0 Å². The lowest BCUT2D eigenvalue weighted by Crippen LogP contribution is -2.37. The van der Waals surface area contributed by atoms with Crippen molar-refractivity contribution in [2.75, 3.05) is 7.11 Å². The van der Waals surface area contributed by atoms with E-state index in [0.29, 0.717) is 5.92 Å². The molecule has 1 aromatic rings. The van der Waals surface area contributed by atoms with E-state index in [1.54, 1.807) is 19.5 Å². The van der Waals surface area contributed by atoms with Crippen LogP contribution in [0.3, 0.4) is 0 Å². The minimum atomic E-state index is -0.714. The van der Waals surface area contributed by atoms with E-state index in [0.717, 1.165) is 37.0 Å². The molecular formula is C14H21NO2. The van der Waals surface area contributed by atoms with Crippen LogP contribution in [0.4, 0.5) is 0 Å². The molecule has 1 aliphatic carbocycles. The van der Waals surface area contributed by atoms with Crippen LogP contribution in [-0.4, -0.2) is 17.2 Å². The Balaban J connectivity index is 2.33. The zero-order valence-electron chi connectivity index (χ0n) is 10.6. The fourth-order valence-corrected chi connectivity index (χ4v) is 2.92. The lowest BCUT2D eigenvalue weighted by Gasteiger charge is -2.40. The standard InChI is InChI=1S/C14H21NO2/c1-3-11-6-4-5-7-14(11,16)12-8-13(17-2)10-15-9-12/h8-11,16H,3-7H2,1-2H3. The minimum Gasteiger partial charge on any atom is -0.495 e. The molecular weight excluding hydrogens is 214 g/mol. The lowest BCUT2D eigenvalue weighted by molar-refractivity contribution is -0.0561. The van der Waals surface area contributed by atoms with Gasteiger partial charge in [-0.1, -0.05) is 26.2 Å². The second-order valence-electron chi connectivity index (χ2n) is 4.89. The average molecular weight is 235 g/mol. The third-order valence-electron chi connectivity index (χ3n) is 3.98. The van der Waals surface area contributed by atoms with Gasteiger partial charge in [0, 0.05) is 11.8 Å². The summed E-state index contributed by atoms with van der Waals surface area (Å²) in [6.07, 6.45) is 8.70. The van der Waals surface area contributed by atoms with E-state index in [9.17, 15) is 5.11 Å². The topological polar surface area (TPSA) is 42.4 Å². The molecule has 2 atom stereocenters. The maximum atomic E-state index is 10.9. The van der Waals surface area contributed by atoms with Crippen molar-refractivity contribution >= 4 is 0 Å². The molecule has 0 bridgehead atoms. The van der Waals surface area contributed by atoms with Crippen LogP contribution in [0.5, 0.6) is 5.75 Å². The summed E-state index contributed by atoms with van der Waals surface area (Å²) in [6.45, 7) is 2.15. The third kappa shape index (κ3) is 2.29. The summed E-state index contributed by atoms with van der Waals surface area (Å²) >= 11 is 0. The van der Waals surface area contributed by atoms with Gasteiger partial charge in [-0.2, -0.15) is 0 Å². The van der Waals surface area contributed by atoms with Crippen LogP contribution in [0.15, 0.2) is 18.5 Å². The molecule has 3 nitrogen and oxygen atoms in total. The van der Waals surface area contributed by atoms with Crippen molar-refractivity contribution in [3.63, 3.8) is 0 Å². The van der Waals surface area contributed by atoms with Gasteiger partial charge < -0.3 is 9.84 Å². The van der Waals surface area contributed by atoms with E-state index in [1.165, 1.54) is 6.42 Å². The van der Waals surface area contributed by atoms with Crippen molar-refractivity contribution in [2.24, 2.45) is 5.92 Å². The van der Waals surface area contributed by atoms with Gasteiger partial charge in [-0.3, -0.25) is 4.98 Å². The van der Waals surface area contributed by atoms with E-state index in [2.05, 4.69) is 11.9 Å². The molecule has 0 amide bonds. The number of rotatable bonds is 3. The molecule has 1 fully saturated rings. The zero-order valence-corrected chi connectivity index (χ0v) is 10.6. The molecule has 1 aromatic heterocycles. The van der Waals surface area contributed by atoms with Crippen LogP contribution in [0.2, 0.25) is 0 Å². The predicted molar refractivity (Wildman–Crippen MR) is 66.9 cm³/mol. The number of aromatic nitrogens is 1. The first kappa shape index (κ1) is 12.4. The number of nitrogens with zero attached hydrogens (tertiary/aromatic N) is 1. The molecule has 1 heterocycles. The highest BCUT2D eigenvalue weighted by molar-refractivity contribution is 5.29. The number of hydrogen-bond acceptors (Lipinski definition) is 3. The predicted octanol–water partition coefficient (Wildman–Crippen LogP) is 2.88. The molecule has 2 unspecified atom stereocenters. The highest BCUT2D eigenvalue weighted by Crippen LogP contribution is 2.43. The van der Waals surface area contributed by atoms with Crippen LogP contribution in [0.1, 0.15) is 44.6 Å². The molecule has 0 saturated heterocycles. The summed E-state index contributed by atoms with van der Waals surface area (Å²) in [5.41, 5.74) is 0.192. The second kappa shape index (κ2) is 5.05. The quantitative estimate of drug-likeness (QED) is 0.876. The van der Waals surface area contributed by atoms with E-state index in [1.807, 2.05) is 6.07 Å². The Kier molecular flexibility index (Phi) is 3.67. The van der Waals surface area contributed by atoms with E-state index < -0.39 is 5.60 Å². The Labute approximate surface area is 103 Å². The number of pyridine rings is 1. The number of hydrogen-bond donors (Lipinski definition) is 1. The molecule has 0 aliphatic heterocycles. The first-order valence-electron chi connectivity index (χ1n) is 6.42. The Morgan fingerprint density at radius 2 is 2.29 bits per heavy atom. The summed E-state index contributed by atoms with van der Waals surface area (Å²) in [7, 11) is 1.63. The second-order valence-corrected chi connectivity index (χ2v) is 4.89. The van der Waals surface area contributed by atoms with Crippen molar-refractivity contribution in [1.29, 1.82) is 0 Å². The van der Waals surface area contributed by atoms with Crippen molar-refractivity contribution in [3.8, 4) is 5.75 Å². The van der Waals surface area contributed by atoms with E-state index in [-0.39, 0.29) is 0 Å². The molecule has 1 aliphatic rings. The van der Waals surface area contributed by atoms with Gasteiger partial charge in [0.05, 0.1) is 18.9 Å². The van der Waals surface area contributed by atoms with Crippen molar-refractivity contribution < 1.29 is 9.84 Å². The summed E-state index contributed by atoms with van der Waals surface area (Å²) in [5, 5.41) is 10.9. The number of ether oxygens (including phenoxy) is 1. The van der Waals surface area contributed by atoms with Crippen molar-refractivity contribution in [1.82, 2.24) is 4.98 Å². The third-order valence-corrected chi connectivity index (χ3v) is 3.98. The lowest BCUT2D eigenvalue weighted by atomic mass is 9.71. The Bertz CT molecular complexity index is 380. The van der Waals surface area contributed by atoms with E-state index >= 15 is 0 Å². The molecule has 1 N–H and O–H groups in total. The maximum absolute atomic E-state index is 10.9. The van der Waals surface area contributed by atoms with Crippen molar-refractivity contribution in [2.45, 2.75) is 44.6 Å². The molecule has 17 heavy (non-hydrogen) atoms. The van der Waals surface area contributed by atoms with Gasteiger partial charge in [0.1, 0.15) is 5.75 Å². The Morgan fingerprint density at radius 1 is 1.47 bits per heavy atom. The Hall–Kier alpha value is -1.09. The van der Waals surface area contributed by atoms with Gasteiger partial charge in [0.25, 0.3) is 0 Å². The number of aliphatic hydroxyl groups is 1. The van der Waals surface area contributed by atoms with Gasteiger partial charge in [-0.15, -0.1) is 0 Å². The largest absolute Gasteiger partial charge is 0.495 e. The zero-order chi connectivity index (χ0) is 12.3. The van der Waals surface area contributed by atoms with Gasteiger partial charge in [0.15, 0.2) is 0 Å². The van der Waals surface area contributed by atoms with E-state index in [4.69, 9.17) is 4.74 Å². The summed E-state index contributed by atoms with van der Waals surface area (Å²) < 4.78 is 5.19. The minimum absolute atomic E-state index is 0.338. The molecule has 0 spiro atoms. The molecule has 0 radical (unpaired) electrons. The SMILES string of the molecule is CCC1CCCCC1(O)c1cncc(OC)c1. The molecule has 94 valence electrons. The van der Waals surface area contributed by atoms with Crippen LogP contribution >= 0.6 is 0 Å². The van der Waals surface area contributed by atoms with Crippen LogP contribution in [0.25, 0.3) is 0 Å². The first-order valence-corrected chi connectivity index (χ1v) is 6.42. The van der Waals surface area contributed by atoms with Crippen LogP contribution < -0.4 is 4.74 Å². The smallest absolute Gasteiger partial charge is 0.137 e. The Morgan fingerprint density at radius 3 is 3.00 bits per heavy atom. The number of methoxy groups -OCH3 is 1. The summed E-state index contributed by atoms with van der Waals surface area (Å²) in [5.74, 6) is 1.06. The fraction of sp³-hybridized carbons (Fsp3) is 0.643. The average Bonchev–Trinajstić information content (AvgIpc) is 2.39. The van der Waals surface area contributed by atoms with Gasteiger partial charge in [-0.25, -0.2) is 0 Å². The van der Waals surface area contributed by atoms with Crippen LogP contribution in [0, 0.1) is 5.92 Å². The normalized spacial score (nSPS) is 29.0. The molecule has 0 aromatic carbocycles. The van der Waals surface area contributed by atoms with Crippen LogP contribution in [-0.2, 0) is 5.60 Å². The molecule has 1 saturated carbocycles. The van der Waals surface area contributed by atoms with Gasteiger partial charge >= 0.3 is 0 Å². The van der Waals surface area contributed by atoms with Crippen molar-refractivity contribution in [3.05, 3.63) is 24.0 Å². The fourth-order valence-electron chi connectivity index (χ4n) is 2.92. The highest BCUT2D eigenvalue weighted by atomic mass is 16.5. The molecule has 3 heteroatoms. The van der Waals surface area contributed by atoms with Gasteiger partial charge in [-0.05, 0) is 24.8 Å². The summed E-state index contributed by atoms with van der Waals surface area (Å²) in [6, 6.07) is 1.92. The maximum Gasteiger partial charge on any atom is 0.137 e. The monoisotopic (exact) mass is 235 g/mol. The molecule has 2 rings (SSSR count). The summed E-state index contributed by atoms with van der Waals surface area (Å²) in [4.78, 5) is 4.16. The first-order chi connectivity index (χ1) is 8.20. The highest BCUT2D eigenvalue weighted by Gasteiger charge is 2.39.